The molecule has 8 heteroatoms. The molecule has 2 heterocycles. The number of thiazole rings is 1. The van der Waals surface area contributed by atoms with Crippen LogP contribution in [-0.4, -0.2) is 22.0 Å². The topological polar surface area (TPSA) is 74.7 Å². The standard InChI is InChI=1S/C24H22N4O2S2/c1-14-8-10-18(11-9-14)25-23-27-22(30)21(32-23)12-19-13-31-24(26-19)28(17(4)29)20-7-5-6-15(2)16(20)3/h5-13H,1-4H3,(H,25,27,30). The molecule has 0 radical (unpaired) electrons. The van der Waals surface area contributed by atoms with E-state index in [2.05, 4.69) is 15.3 Å². The number of aromatic nitrogens is 1. The zero-order valence-electron chi connectivity index (χ0n) is 18.2. The molecule has 0 bridgehead atoms. The predicted octanol–water partition coefficient (Wildman–Crippen LogP) is 5.64. The van der Waals surface area contributed by atoms with Crippen molar-refractivity contribution in [2.24, 2.45) is 4.99 Å². The summed E-state index contributed by atoms with van der Waals surface area (Å²) in [7, 11) is 0. The van der Waals surface area contributed by atoms with Crippen LogP contribution in [0.2, 0.25) is 0 Å². The second kappa shape index (κ2) is 9.10. The Morgan fingerprint density at radius 1 is 1.12 bits per heavy atom. The summed E-state index contributed by atoms with van der Waals surface area (Å²) in [6.45, 7) is 7.54. The highest BCUT2D eigenvalue weighted by Gasteiger charge is 2.25. The van der Waals surface area contributed by atoms with Crippen LogP contribution in [0.15, 0.2) is 57.7 Å². The Kier molecular flexibility index (Phi) is 6.25. The molecule has 0 aliphatic carbocycles. The molecule has 32 heavy (non-hydrogen) atoms. The number of amidine groups is 1. The lowest BCUT2D eigenvalue weighted by atomic mass is 10.1. The molecule has 2 amide bonds. The van der Waals surface area contributed by atoms with Gasteiger partial charge in [-0.3, -0.25) is 14.5 Å². The van der Waals surface area contributed by atoms with Gasteiger partial charge in [-0.15, -0.1) is 11.3 Å². The van der Waals surface area contributed by atoms with E-state index in [9.17, 15) is 9.59 Å². The number of benzene rings is 2. The molecule has 0 unspecified atom stereocenters. The van der Waals surface area contributed by atoms with Crippen molar-refractivity contribution in [2.75, 3.05) is 4.90 Å². The van der Waals surface area contributed by atoms with Crippen LogP contribution in [0.5, 0.6) is 0 Å². The summed E-state index contributed by atoms with van der Waals surface area (Å²) in [5.41, 5.74) is 5.49. The minimum Gasteiger partial charge on any atom is -0.300 e. The van der Waals surface area contributed by atoms with Crippen molar-refractivity contribution in [2.45, 2.75) is 27.7 Å². The normalized spacial score (nSPS) is 15.9. The first kappa shape index (κ1) is 22.0. The van der Waals surface area contributed by atoms with Crippen LogP contribution in [0.1, 0.15) is 29.3 Å². The lowest BCUT2D eigenvalue weighted by Crippen LogP contribution is -2.23. The minimum absolute atomic E-state index is 0.118. The van der Waals surface area contributed by atoms with Gasteiger partial charge in [0.15, 0.2) is 10.3 Å². The maximum Gasteiger partial charge on any atom is 0.264 e. The Morgan fingerprint density at radius 2 is 1.88 bits per heavy atom. The number of aliphatic imine (C=N–C) groups is 1. The number of hydrogen-bond donors (Lipinski definition) is 1. The quantitative estimate of drug-likeness (QED) is 0.509. The van der Waals surface area contributed by atoms with E-state index in [4.69, 9.17) is 0 Å². The summed E-state index contributed by atoms with van der Waals surface area (Å²) in [6, 6.07) is 13.6. The van der Waals surface area contributed by atoms with Gasteiger partial charge in [-0.25, -0.2) is 9.98 Å². The largest absolute Gasteiger partial charge is 0.300 e. The van der Waals surface area contributed by atoms with Gasteiger partial charge in [0, 0.05) is 12.3 Å². The molecule has 0 atom stereocenters. The van der Waals surface area contributed by atoms with Crippen molar-refractivity contribution < 1.29 is 9.59 Å². The van der Waals surface area contributed by atoms with Gasteiger partial charge in [0.2, 0.25) is 5.91 Å². The first-order valence-corrected chi connectivity index (χ1v) is 11.7. The summed E-state index contributed by atoms with van der Waals surface area (Å²) in [5.74, 6) is -0.332. The van der Waals surface area contributed by atoms with Gasteiger partial charge in [-0.1, -0.05) is 29.8 Å². The maximum atomic E-state index is 12.4. The fourth-order valence-corrected chi connectivity index (χ4v) is 4.85. The lowest BCUT2D eigenvalue weighted by Gasteiger charge is -2.21. The van der Waals surface area contributed by atoms with Crippen LogP contribution in [0.4, 0.5) is 16.5 Å². The fourth-order valence-electron chi connectivity index (χ4n) is 3.18. The van der Waals surface area contributed by atoms with Gasteiger partial charge >= 0.3 is 0 Å². The molecule has 6 nitrogen and oxygen atoms in total. The smallest absolute Gasteiger partial charge is 0.264 e. The molecule has 0 saturated carbocycles. The van der Waals surface area contributed by atoms with Gasteiger partial charge < -0.3 is 5.32 Å². The third-order valence-corrected chi connectivity index (χ3v) is 6.78. The monoisotopic (exact) mass is 462 g/mol. The van der Waals surface area contributed by atoms with E-state index < -0.39 is 0 Å². The number of carbonyl (C=O) groups excluding carboxylic acids is 2. The number of rotatable bonds is 4. The number of nitrogens with one attached hydrogen (secondary N) is 1. The molecule has 1 fully saturated rings. The van der Waals surface area contributed by atoms with Crippen molar-refractivity contribution in [1.29, 1.82) is 0 Å². The molecule has 0 spiro atoms. The molecule has 162 valence electrons. The van der Waals surface area contributed by atoms with Crippen molar-refractivity contribution in [3.63, 3.8) is 0 Å². The summed E-state index contributed by atoms with van der Waals surface area (Å²) < 4.78 is 0. The number of hydrogen-bond acceptors (Lipinski definition) is 6. The number of aryl methyl sites for hydroxylation is 2. The Bertz CT molecular complexity index is 1260. The van der Waals surface area contributed by atoms with E-state index in [0.717, 1.165) is 28.1 Å². The first-order chi connectivity index (χ1) is 15.3. The van der Waals surface area contributed by atoms with E-state index in [1.54, 1.807) is 11.0 Å². The SMILES string of the molecule is CC(=O)N(c1nc(C=C2SC(=Nc3ccc(C)cc3)NC2=O)cs1)c1cccc(C)c1C. The second-order valence-corrected chi connectivity index (χ2v) is 9.31. The van der Waals surface area contributed by atoms with Gasteiger partial charge in [0.05, 0.1) is 22.0 Å². The third-order valence-electron chi connectivity index (χ3n) is 5.03. The highest BCUT2D eigenvalue weighted by molar-refractivity contribution is 8.18. The van der Waals surface area contributed by atoms with Gasteiger partial charge in [0.1, 0.15) is 0 Å². The number of nitrogens with zero attached hydrogens (tertiary/aromatic N) is 3. The first-order valence-electron chi connectivity index (χ1n) is 10.0. The Hall–Kier alpha value is -3.23. The number of carbonyl (C=O) groups is 2. The molecular formula is C24H22N4O2S2. The van der Waals surface area contributed by atoms with Crippen LogP contribution in [0.25, 0.3) is 6.08 Å². The van der Waals surface area contributed by atoms with Crippen LogP contribution >= 0.6 is 23.1 Å². The summed E-state index contributed by atoms with van der Waals surface area (Å²) in [6.07, 6.45) is 1.72. The molecule has 1 N–H and O–H groups in total. The molecule has 1 aliphatic rings. The lowest BCUT2D eigenvalue weighted by molar-refractivity contribution is -0.116. The number of amides is 2. The molecule has 3 aromatic rings. The molecule has 1 aromatic heterocycles. The van der Waals surface area contributed by atoms with Crippen LogP contribution in [0.3, 0.4) is 0 Å². The van der Waals surface area contributed by atoms with Crippen molar-refractivity contribution in [3.8, 4) is 0 Å². The number of thioether (sulfide) groups is 1. The van der Waals surface area contributed by atoms with Gasteiger partial charge in [-0.2, -0.15) is 0 Å². The second-order valence-electron chi connectivity index (χ2n) is 7.45. The van der Waals surface area contributed by atoms with Crippen molar-refractivity contribution in [1.82, 2.24) is 10.3 Å². The third kappa shape index (κ3) is 4.66. The average Bonchev–Trinajstić information content (AvgIpc) is 3.34. The molecule has 2 aromatic carbocycles. The molecule has 1 saturated heterocycles. The Labute approximate surface area is 195 Å². The van der Waals surface area contributed by atoms with Crippen molar-refractivity contribution in [3.05, 3.63) is 75.1 Å². The van der Waals surface area contributed by atoms with Crippen molar-refractivity contribution >= 4 is 62.7 Å². The average molecular weight is 463 g/mol. The predicted molar refractivity (Wildman–Crippen MR) is 133 cm³/mol. The fraction of sp³-hybridized carbons (Fsp3) is 0.167. The van der Waals surface area contributed by atoms with E-state index in [0.29, 0.717) is 20.9 Å². The summed E-state index contributed by atoms with van der Waals surface area (Å²) in [5, 5.41) is 5.72. The molecule has 1 aliphatic heterocycles. The van der Waals surface area contributed by atoms with Crippen LogP contribution < -0.4 is 10.2 Å². The maximum absolute atomic E-state index is 12.4. The van der Waals surface area contributed by atoms with E-state index >= 15 is 0 Å². The van der Waals surface area contributed by atoms with Crippen LogP contribution in [-0.2, 0) is 9.59 Å². The Balaban J connectivity index is 1.59. The molecular weight excluding hydrogens is 440 g/mol. The summed E-state index contributed by atoms with van der Waals surface area (Å²) in [4.78, 5) is 36.1. The highest BCUT2D eigenvalue weighted by Crippen LogP contribution is 2.34. The zero-order chi connectivity index (χ0) is 22.8. The number of anilines is 2. The Morgan fingerprint density at radius 3 is 2.59 bits per heavy atom. The highest BCUT2D eigenvalue weighted by atomic mass is 32.2. The zero-order valence-corrected chi connectivity index (χ0v) is 19.8. The van der Waals surface area contributed by atoms with E-state index in [1.165, 1.54) is 30.0 Å². The van der Waals surface area contributed by atoms with Gasteiger partial charge in [-0.05, 0) is 67.9 Å². The van der Waals surface area contributed by atoms with E-state index in [1.807, 2.05) is 68.6 Å². The van der Waals surface area contributed by atoms with E-state index in [-0.39, 0.29) is 11.8 Å². The van der Waals surface area contributed by atoms with Gasteiger partial charge in [0.25, 0.3) is 5.91 Å². The minimum atomic E-state index is -0.214. The summed E-state index contributed by atoms with van der Waals surface area (Å²) >= 11 is 2.63. The van der Waals surface area contributed by atoms with Crippen LogP contribution in [0, 0.1) is 20.8 Å². The molecule has 4 rings (SSSR count).